The fourth-order valence-corrected chi connectivity index (χ4v) is 1.49. The Kier molecular flexibility index (Phi) is 4.58. The van der Waals surface area contributed by atoms with Gasteiger partial charge in [0.2, 0.25) is 0 Å². The van der Waals surface area contributed by atoms with Crippen LogP contribution in [0.3, 0.4) is 0 Å². The molecule has 0 amide bonds. The second-order valence-corrected chi connectivity index (χ2v) is 3.77. The molecule has 1 unspecified atom stereocenters. The zero-order valence-corrected chi connectivity index (χ0v) is 9.47. The van der Waals surface area contributed by atoms with E-state index >= 15 is 0 Å². The van der Waals surface area contributed by atoms with Gasteiger partial charge in [0.15, 0.2) is 0 Å². The van der Waals surface area contributed by atoms with E-state index in [1.165, 1.54) is 0 Å². The molecule has 0 fully saturated rings. The summed E-state index contributed by atoms with van der Waals surface area (Å²) in [6.45, 7) is 6.54. The van der Waals surface area contributed by atoms with Crippen molar-refractivity contribution in [2.45, 2.75) is 6.92 Å². The molecule has 86 valence electrons. The average molecular weight is 219 g/mol. The molecule has 1 aromatic carbocycles. The molecule has 1 atom stereocenters. The molecular weight excluding hydrogens is 202 g/mol. The largest absolute Gasteiger partial charge is 0.481 e. The molecule has 0 aliphatic rings. The summed E-state index contributed by atoms with van der Waals surface area (Å²) in [6.07, 6.45) is 1.78. The van der Waals surface area contributed by atoms with Crippen LogP contribution in [0.5, 0.6) is 0 Å². The third kappa shape index (κ3) is 3.42. The van der Waals surface area contributed by atoms with Gasteiger partial charge in [-0.1, -0.05) is 31.2 Å². The summed E-state index contributed by atoms with van der Waals surface area (Å²) in [7, 11) is 0. The van der Waals surface area contributed by atoms with Gasteiger partial charge in [-0.15, -0.1) is 6.58 Å². The highest BCUT2D eigenvalue weighted by molar-refractivity contribution is 5.70. The van der Waals surface area contributed by atoms with Gasteiger partial charge in [-0.2, -0.15) is 0 Å². The first-order valence-corrected chi connectivity index (χ1v) is 5.29. The van der Waals surface area contributed by atoms with Crippen molar-refractivity contribution in [2.24, 2.45) is 5.92 Å². The van der Waals surface area contributed by atoms with Crippen LogP contribution in [0, 0.1) is 5.92 Å². The van der Waals surface area contributed by atoms with Gasteiger partial charge >= 0.3 is 5.97 Å². The molecule has 0 spiro atoms. The monoisotopic (exact) mass is 219 g/mol. The normalized spacial score (nSPS) is 11.8. The fraction of sp³-hybridized carbons (Fsp3) is 0.308. The Hall–Kier alpha value is -1.77. The van der Waals surface area contributed by atoms with Crippen molar-refractivity contribution in [3.05, 3.63) is 43.0 Å². The van der Waals surface area contributed by atoms with E-state index in [0.29, 0.717) is 13.1 Å². The van der Waals surface area contributed by atoms with E-state index in [1.54, 1.807) is 13.0 Å². The van der Waals surface area contributed by atoms with Gasteiger partial charge in [0.1, 0.15) is 0 Å². The molecule has 1 rings (SSSR count). The highest BCUT2D eigenvalue weighted by Gasteiger charge is 2.15. The zero-order chi connectivity index (χ0) is 12.0. The number of carboxylic acids is 1. The van der Waals surface area contributed by atoms with Crippen molar-refractivity contribution in [1.29, 1.82) is 0 Å². The number of carboxylic acid groups (broad SMARTS) is 1. The predicted molar refractivity (Wildman–Crippen MR) is 65.7 cm³/mol. The Balaban J connectivity index is 2.75. The molecule has 0 aliphatic carbocycles. The first-order chi connectivity index (χ1) is 7.65. The Morgan fingerprint density at radius 3 is 2.62 bits per heavy atom. The molecule has 0 aromatic heterocycles. The summed E-state index contributed by atoms with van der Waals surface area (Å²) in [6, 6.07) is 9.76. The van der Waals surface area contributed by atoms with Crippen LogP contribution in [0.2, 0.25) is 0 Å². The van der Waals surface area contributed by atoms with Crippen LogP contribution >= 0.6 is 0 Å². The standard InChI is InChI=1S/C13H17NO2/c1-3-9-14(10-11(2)13(15)16)12-7-5-4-6-8-12/h3-8,11H,1,9-10H2,2H3,(H,15,16). The minimum Gasteiger partial charge on any atom is -0.481 e. The SMILES string of the molecule is C=CCN(CC(C)C(=O)O)c1ccccc1. The maximum absolute atomic E-state index is 10.8. The third-order valence-electron chi connectivity index (χ3n) is 2.39. The summed E-state index contributed by atoms with van der Waals surface area (Å²) >= 11 is 0. The van der Waals surface area contributed by atoms with Crippen molar-refractivity contribution in [2.75, 3.05) is 18.0 Å². The van der Waals surface area contributed by atoms with Crippen LogP contribution in [0.4, 0.5) is 5.69 Å². The topological polar surface area (TPSA) is 40.5 Å². The second kappa shape index (κ2) is 5.95. The molecule has 1 N–H and O–H groups in total. The van der Waals surface area contributed by atoms with Crippen LogP contribution in [-0.4, -0.2) is 24.2 Å². The molecule has 3 heteroatoms. The lowest BCUT2D eigenvalue weighted by molar-refractivity contribution is -0.140. The van der Waals surface area contributed by atoms with Gasteiger partial charge in [-0.05, 0) is 12.1 Å². The molecule has 1 aromatic rings. The van der Waals surface area contributed by atoms with Gasteiger partial charge in [-0.25, -0.2) is 0 Å². The minimum absolute atomic E-state index is 0.389. The summed E-state index contributed by atoms with van der Waals surface area (Å²) in [5, 5.41) is 8.89. The number of anilines is 1. The van der Waals surface area contributed by atoms with Crippen molar-refractivity contribution >= 4 is 11.7 Å². The first kappa shape index (κ1) is 12.3. The van der Waals surface area contributed by atoms with Gasteiger partial charge in [-0.3, -0.25) is 4.79 Å². The highest BCUT2D eigenvalue weighted by atomic mass is 16.4. The molecule has 0 bridgehead atoms. The van der Waals surface area contributed by atoms with E-state index in [1.807, 2.05) is 35.2 Å². The lowest BCUT2D eigenvalue weighted by atomic mass is 10.1. The minimum atomic E-state index is -0.773. The lowest BCUT2D eigenvalue weighted by Gasteiger charge is -2.25. The zero-order valence-electron chi connectivity index (χ0n) is 9.47. The Bertz CT molecular complexity index is 348. The molecule has 0 radical (unpaired) electrons. The summed E-state index contributed by atoms with van der Waals surface area (Å²) in [5.74, 6) is -1.16. The van der Waals surface area contributed by atoms with E-state index in [-0.39, 0.29) is 5.92 Å². The molecule has 0 aliphatic heterocycles. The van der Waals surface area contributed by atoms with Crippen LogP contribution in [0.15, 0.2) is 43.0 Å². The fourth-order valence-electron chi connectivity index (χ4n) is 1.49. The first-order valence-electron chi connectivity index (χ1n) is 5.29. The van der Waals surface area contributed by atoms with E-state index < -0.39 is 5.97 Å². The quantitative estimate of drug-likeness (QED) is 0.747. The van der Waals surface area contributed by atoms with Gasteiger partial charge in [0.05, 0.1) is 5.92 Å². The number of rotatable bonds is 6. The average Bonchev–Trinajstić information content (AvgIpc) is 2.29. The third-order valence-corrected chi connectivity index (χ3v) is 2.39. The van der Waals surface area contributed by atoms with Crippen LogP contribution < -0.4 is 4.90 Å². The molecule has 0 saturated carbocycles. The number of benzene rings is 1. The smallest absolute Gasteiger partial charge is 0.308 e. The number of para-hydroxylation sites is 1. The number of hydrogen-bond acceptors (Lipinski definition) is 2. The Labute approximate surface area is 96.0 Å². The maximum atomic E-state index is 10.8. The molecule has 0 heterocycles. The van der Waals surface area contributed by atoms with Gasteiger partial charge in [0, 0.05) is 18.8 Å². The molecule has 16 heavy (non-hydrogen) atoms. The van der Waals surface area contributed by atoms with Gasteiger partial charge < -0.3 is 10.0 Å². The molecule has 3 nitrogen and oxygen atoms in total. The summed E-state index contributed by atoms with van der Waals surface area (Å²) in [4.78, 5) is 12.8. The number of aliphatic carboxylic acids is 1. The lowest BCUT2D eigenvalue weighted by Crippen LogP contribution is -2.31. The second-order valence-electron chi connectivity index (χ2n) is 3.77. The number of carbonyl (C=O) groups is 1. The van der Waals surface area contributed by atoms with Crippen molar-refractivity contribution in [3.63, 3.8) is 0 Å². The van der Waals surface area contributed by atoms with Crippen molar-refractivity contribution < 1.29 is 9.90 Å². The molecular formula is C13H17NO2. The van der Waals surface area contributed by atoms with E-state index in [2.05, 4.69) is 6.58 Å². The van der Waals surface area contributed by atoms with Gasteiger partial charge in [0.25, 0.3) is 0 Å². The van der Waals surface area contributed by atoms with Crippen LogP contribution in [-0.2, 0) is 4.79 Å². The van der Waals surface area contributed by atoms with E-state index in [4.69, 9.17) is 5.11 Å². The maximum Gasteiger partial charge on any atom is 0.308 e. The predicted octanol–water partition coefficient (Wildman–Crippen LogP) is 2.40. The highest BCUT2D eigenvalue weighted by Crippen LogP contribution is 2.15. The van der Waals surface area contributed by atoms with E-state index in [0.717, 1.165) is 5.69 Å². The summed E-state index contributed by atoms with van der Waals surface area (Å²) in [5.41, 5.74) is 1.02. The van der Waals surface area contributed by atoms with Crippen LogP contribution in [0.25, 0.3) is 0 Å². The van der Waals surface area contributed by atoms with Crippen LogP contribution in [0.1, 0.15) is 6.92 Å². The molecule has 0 saturated heterocycles. The van der Waals surface area contributed by atoms with Crippen molar-refractivity contribution in [1.82, 2.24) is 0 Å². The number of nitrogens with zero attached hydrogens (tertiary/aromatic N) is 1. The Morgan fingerprint density at radius 2 is 2.12 bits per heavy atom. The van der Waals surface area contributed by atoms with Crippen molar-refractivity contribution in [3.8, 4) is 0 Å². The Morgan fingerprint density at radius 1 is 1.50 bits per heavy atom. The number of hydrogen-bond donors (Lipinski definition) is 1. The summed E-state index contributed by atoms with van der Waals surface area (Å²) < 4.78 is 0. The van der Waals surface area contributed by atoms with E-state index in [9.17, 15) is 4.79 Å².